The molecular formula is C27H32N2O6. The van der Waals surface area contributed by atoms with Gasteiger partial charge < -0.3 is 24.8 Å². The van der Waals surface area contributed by atoms with E-state index in [0.29, 0.717) is 6.42 Å². The molecule has 1 fully saturated rings. The summed E-state index contributed by atoms with van der Waals surface area (Å²) in [6, 6.07) is 14.9. The van der Waals surface area contributed by atoms with E-state index in [9.17, 15) is 19.5 Å². The van der Waals surface area contributed by atoms with Crippen molar-refractivity contribution in [3.63, 3.8) is 0 Å². The number of amides is 2. The Morgan fingerprint density at radius 3 is 2.29 bits per heavy atom. The number of nitrogens with one attached hydrogen (secondary N) is 1. The second-order valence-electron chi connectivity index (χ2n) is 9.15. The third-order valence-electron chi connectivity index (χ3n) is 6.93. The quantitative estimate of drug-likeness (QED) is 0.566. The highest BCUT2D eigenvalue weighted by Gasteiger charge is 2.40. The summed E-state index contributed by atoms with van der Waals surface area (Å²) in [6.07, 6.45) is 0.720. The maximum Gasteiger partial charge on any atom is 0.407 e. The van der Waals surface area contributed by atoms with Crippen molar-refractivity contribution in [1.82, 2.24) is 10.2 Å². The lowest BCUT2D eigenvalue weighted by molar-refractivity contribution is -0.148. The van der Waals surface area contributed by atoms with Gasteiger partial charge in [-0.2, -0.15) is 0 Å². The molecule has 8 nitrogen and oxygen atoms in total. The minimum Gasteiger partial charge on any atom is -0.480 e. The van der Waals surface area contributed by atoms with Crippen LogP contribution in [0.5, 0.6) is 0 Å². The second-order valence-corrected chi connectivity index (χ2v) is 9.15. The number of nitrogens with zero attached hydrogens (tertiary/aromatic N) is 1. The Hall–Kier alpha value is -3.39. The SMILES string of the molecule is CCCC(CC(=O)N1CC(OC)CC1C(=O)O)NC(=O)OCC1c2ccccc2-c2ccccc21. The predicted molar refractivity (Wildman–Crippen MR) is 130 cm³/mol. The Morgan fingerprint density at radius 1 is 1.09 bits per heavy atom. The molecule has 186 valence electrons. The molecule has 2 aromatic carbocycles. The van der Waals surface area contributed by atoms with Crippen molar-refractivity contribution >= 4 is 18.0 Å². The number of carbonyl (C=O) groups is 3. The molecule has 2 amide bonds. The van der Waals surface area contributed by atoms with Gasteiger partial charge in [-0.25, -0.2) is 9.59 Å². The Balaban J connectivity index is 1.37. The molecule has 0 spiro atoms. The fraction of sp³-hybridized carbons (Fsp3) is 0.444. The zero-order valence-corrected chi connectivity index (χ0v) is 20.1. The summed E-state index contributed by atoms with van der Waals surface area (Å²) in [6.45, 7) is 2.39. The van der Waals surface area contributed by atoms with Gasteiger partial charge in [0.15, 0.2) is 0 Å². The number of rotatable bonds is 9. The van der Waals surface area contributed by atoms with Gasteiger partial charge in [0, 0.05) is 38.5 Å². The Labute approximate surface area is 205 Å². The number of carboxylic acid groups (broad SMARTS) is 1. The van der Waals surface area contributed by atoms with Gasteiger partial charge in [-0.1, -0.05) is 61.9 Å². The van der Waals surface area contributed by atoms with Crippen LogP contribution in [-0.4, -0.2) is 66.4 Å². The van der Waals surface area contributed by atoms with Gasteiger partial charge in [-0.15, -0.1) is 0 Å². The number of aliphatic carboxylic acids is 1. The summed E-state index contributed by atoms with van der Waals surface area (Å²) in [5.74, 6) is -1.41. The maximum atomic E-state index is 12.9. The van der Waals surface area contributed by atoms with Crippen molar-refractivity contribution in [2.75, 3.05) is 20.3 Å². The Kier molecular flexibility index (Phi) is 7.70. The van der Waals surface area contributed by atoms with E-state index in [0.717, 1.165) is 28.7 Å². The first-order valence-corrected chi connectivity index (χ1v) is 12.1. The van der Waals surface area contributed by atoms with E-state index in [4.69, 9.17) is 9.47 Å². The molecule has 1 aliphatic carbocycles. The zero-order chi connectivity index (χ0) is 24.9. The Bertz CT molecular complexity index is 1040. The van der Waals surface area contributed by atoms with E-state index in [1.165, 1.54) is 12.0 Å². The van der Waals surface area contributed by atoms with Gasteiger partial charge in [-0.3, -0.25) is 4.79 Å². The van der Waals surface area contributed by atoms with E-state index in [2.05, 4.69) is 29.6 Å². The molecule has 1 aliphatic heterocycles. The average Bonchev–Trinajstić information content (AvgIpc) is 3.43. The molecule has 0 aromatic heterocycles. The lowest BCUT2D eigenvalue weighted by Gasteiger charge is -2.25. The van der Waals surface area contributed by atoms with Gasteiger partial charge in [0.2, 0.25) is 5.91 Å². The first-order valence-electron chi connectivity index (χ1n) is 12.1. The minimum absolute atomic E-state index is 0.0122. The molecule has 1 heterocycles. The number of ether oxygens (including phenoxy) is 2. The van der Waals surface area contributed by atoms with Crippen LogP contribution in [0.1, 0.15) is 49.7 Å². The lowest BCUT2D eigenvalue weighted by Crippen LogP contribution is -2.45. The van der Waals surface area contributed by atoms with Crippen LogP contribution in [0, 0.1) is 0 Å². The molecule has 0 bridgehead atoms. The van der Waals surface area contributed by atoms with Crippen molar-refractivity contribution in [2.24, 2.45) is 0 Å². The molecule has 2 N–H and O–H groups in total. The number of hydrogen-bond donors (Lipinski definition) is 2. The largest absolute Gasteiger partial charge is 0.480 e. The number of carbonyl (C=O) groups excluding carboxylic acids is 2. The lowest BCUT2D eigenvalue weighted by atomic mass is 9.98. The van der Waals surface area contributed by atoms with E-state index < -0.39 is 24.1 Å². The van der Waals surface area contributed by atoms with Gasteiger partial charge in [0.05, 0.1) is 6.10 Å². The van der Waals surface area contributed by atoms with E-state index >= 15 is 0 Å². The molecule has 2 aliphatic rings. The maximum absolute atomic E-state index is 12.9. The average molecular weight is 481 g/mol. The summed E-state index contributed by atoms with van der Waals surface area (Å²) in [5, 5.41) is 12.3. The summed E-state index contributed by atoms with van der Waals surface area (Å²) in [5.41, 5.74) is 4.56. The fourth-order valence-electron chi connectivity index (χ4n) is 5.19. The molecule has 3 unspecified atom stereocenters. The molecule has 2 aromatic rings. The topological polar surface area (TPSA) is 105 Å². The molecule has 4 rings (SSSR count). The summed E-state index contributed by atoms with van der Waals surface area (Å²) < 4.78 is 10.9. The third kappa shape index (κ3) is 5.32. The standard InChI is InChI=1S/C27H32N2O6/c1-3-8-17(13-25(30)29-15-18(34-2)14-24(29)26(31)32)28-27(33)35-16-23-21-11-6-4-9-19(21)20-10-5-7-12-22(20)23/h4-7,9-12,17-18,23-24H,3,8,13-16H2,1-2H3,(H,28,33)(H,31,32). The number of likely N-dealkylation sites (tertiary alicyclic amines) is 1. The van der Waals surface area contributed by atoms with E-state index in [1.807, 2.05) is 31.2 Å². The second kappa shape index (κ2) is 10.9. The van der Waals surface area contributed by atoms with Crippen LogP contribution in [0.15, 0.2) is 48.5 Å². The molecule has 35 heavy (non-hydrogen) atoms. The van der Waals surface area contributed by atoms with Gasteiger partial charge in [-0.05, 0) is 28.7 Å². The van der Waals surface area contributed by atoms with Crippen LogP contribution < -0.4 is 5.32 Å². The molecular weight excluding hydrogens is 448 g/mol. The predicted octanol–water partition coefficient (Wildman–Crippen LogP) is 3.78. The van der Waals surface area contributed by atoms with Gasteiger partial charge in [0.25, 0.3) is 0 Å². The minimum atomic E-state index is -1.05. The van der Waals surface area contributed by atoms with Crippen molar-refractivity contribution in [1.29, 1.82) is 0 Å². The number of carboxylic acids is 1. The van der Waals surface area contributed by atoms with Gasteiger partial charge >= 0.3 is 12.1 Å². The molecule has 0 radical (unpaired) electrons. The van der Waals surface area contributed by atoms with Crippen molar-refractivity contribution < 1.29 is 29.0 Å². The zero-order valence-electron chi connectivity index (χ0n) is 20.1. The smallest absolute Gasteiger partial charge is 0.407 e. The van der Waals surface area contributed by atoms with E-state index in [-0.39, 0.29) is 43.9 Å². The summed E-state index contributed by atoms with van der Waals surface area (Å²) >= 11 is 0. The van der Waals surface area contributed by atoms with Crippen LogP contribution in [-0.2, 0) is 19.1 Å². The van der Waals surface area contributed by atoms with Crippen LogP contribution in [0.4, 0.5) is 4.79 Å². The fourth-order valence-corrected chi connectivity index (χ4v) is 5.19. The van der Waals surface area contributed by atoms with E-state index in [1.54, 1.807) is 0 Å². The monoisotopic (exact) mass is 480 g/mol. The molecule has 3 atom stereocenters. The highest BCUT2D eigenvalue weighted by atomic mass is 16.5. The summed E-state index contributed by atoms with van der Waals surface area (Å²) in [7, 11) is 1.51. The Morgan fingerprint density at radius 2 is 1.71 bits per heavy atom. The van der Waals surface area contributed by atoms with Crippen molar-refractivity contribution in [3.05, 3.63) is 59.7 Å². The third-order valence-corrected chi connectivity index (χ3v) is 6.93. The molecule has 8 heteroatoms. The normalized spacial score (nSPS) is 19.7. The van der Waals surface area contributed by atoms with Crippen LogP contribution in [0.2, 0.25) is 0 Å². The number of fused-ring (bicyclic) bond motifs is 3. The highest BCUT2D eigenvalue weighted by molar-refractivity contribution is 5.85. The first kappa shape index (κ1) is 24.7. The van der Waals surface area contributed by atoms with Crippen LogP contribution in [0.3, 0.4) is 0 Å². The molecule has 1 saturated heterocycles. The van der Waals surface area contributed by atoms with Crippen LogP contribution in [0.25, 0.3) is 11.1 Å². The van der Waals surface area contributed by atoms with Crippen LogP contribution >= 0.6 is 0 Å². The number of hydrogen-bond acceptors (Lipinski definition) is 5. The first-order chi connectivity index (χ1) is 16.9. The number of methoxy groups -OCH3 is 1. The number of benzene rings is 2. The molecule has 0 saturated carbocycles. The number of alkyl carbamates (subject to hydrolysis) is 1. The summed E-state index contributed by atoms with van der Waals surface area (Å²) in [4.78, 5) is 38.6. The van der Waals surface area contributed by atoms with Gasteiger partial charge in [0.1, 0.15) is 12.6 Å². The van der Waals surface area contributed by atoms with Crippen molar-refractivity contribution in [3.8, 4) is 11.1 Å². The van der Waals surface area contributed by atoms with Crippen molar-refractivity contribution in [2.45, 2.75) is 56.7 Å². The highest BCUT2D eigenvalue weighted by Crippen LogP contribution is 2.44.